The number of carbonyl (C=O) groups is 1. The highest BCUT2D eigenvalue weighted by molar-refractivity contribution is 5.70. The molecule has 2 atom stereocenters. The standard InChI is InChI=1S/C12H25NO2/c1-5-10(4)8-12(13,6-2)9-11(14)15-7-3/h10H,5-9,13H2,1-4H3. The lowest BCUT2D eigenvalue weighted by Crippen LogP contribution is -2.43. The summed E-state index contributed by atoms with van der Waals surface area (Å²) in [6.45, 7) is 8.59. The van der Waals surface area contributed by atoms with E-state index in [1.54, 1.807) is 0 Å². The fraction of sp³-hybridized carbons (Fsp3) is 0.917. The molecule has 0 aliphatic carbocycles. The summed E-state index contributed by atoms with van der Waals surface area (Å²) in [6, 6.07) is 0. The quantitative estimate of drug-likeness (QED) is 0.664. The Labute approximate surface area is 93.4 Å². The van der Waals surface area contributed by atoms with Crippen LogP contribution in [0.1, 0.15) is 53.4 Å². The largest absolute Gasteiger partial charge is 0.466 e. The maximum atomic E-state index is 11.4. The van der Waals surface area contributed by atoms with E-state index in [-0.39, 0.29) is 11.5 Å². The van der Waals surface area contributed by atoms with E-state index in [9.17, 15) is 4.79 Å². The molecule has 0 aliphatic rings. The average Bonchev–Trinajstić information content (AvgIpc) is 2.17. The first-order chi connectivity index (χ1) is 6.97. The number of carbonyl (C=O) groups excluding carboxylic acids is 1. The van der Waals surface area contributed by atoms with E-state index in [0.29, 0.717) is 18.9 Å². The van der Waals surface area contributed by atoms with Crippen LogP contribution in [0.5, 0.6) is 0 Å². The first kappa shape index (κ1) is 14.4. The predicted molar refractivity (Wildman–Crippen MR) is 62.5 cm³/mol. The molecule has 0 spiro atoms. The number of hydrogen-bond donors (Lipinski definition) is 1. The highest BCUT2D eigenvalue weighted by Gasteiger charge is 2.28. The number of nitrogens with two attached hydrogens (primary N) is 1. The molecular formula is C12H25NO2. The van der Waals surface area contributed by atoms with Crippen LogP contribution in [0.25, 0.3) is 0 Å². The maximum absolute atomic E-state index is 11.4. The van der Waals surface area contributed by atoms with Gasteiger partial charge in [0.1, 0.15) is 0 Å². The third kappa shape index (κ3) is 5.78. The predicted octanol–water partition coefficient (Wildman–Crippen LogP) is 2.48. The first-order valence-corrected chi connectivity index (χ1v) is 5.91. The third-order valence-corrected chi connectivity index (χ3v) is 2.96. The van der Waals surface area contributed by atoms with Crippen molar-refractivity contribution in [1.82, 2.24) is 0 Å². The molecule has 0 fully saturated rings. The van der Waals surface area contributed by atoms with Crippen molar-refractivity contribution >= 4 is 5.97 Å². The Balaban J connectivity index is 4.23. The van der Waals surface area contributed by atoms with Gasteiger partial charge in [-0.05, 0) is 25.7 Å². The van der Waals surface area contributed by atoms with Crippen LogP contribution in [-0.2, 0) is 9.53 Å². The fourth-order valence-corrected chi connectivity index (χ4v) is 1.68. The van der Waals surface area contributed by atoms with E-state index in [1.807, 2.05) is 13.8 Å². The zero-order valence-electron chi connectivity index (χ0n) is 10.5. The van der Waals surface area contributed by atoms with Gasteiger partial charge in [-0.2, -0.15) is 0 Å². The zero-order chi connectivity index (χ0) is 11.9. The van der Waals surface area contributed by atoms with Crippen LogP contribution < -0.4 is 5.73 Å². The fourth-order valence-electron chi connectivity index (χ4n) is 1.68. The van der Waals surface area contributed by atoms with Gasteiger partial charge in [0.15, 0.2) is 0 Å². The minimum absolute atomic E-state index is 0.176. The molecule has 2 unspecified atom stereocenters. The van der Waals surface area contributed by atoms with Gasteiger partial charge in [-0.15, -0.1) is 0 Å². The highest BCUT2D eigenvalue weighted by Crippen LogP contribution is 2.23. The molecule has 0 aromatic rings. The minimum atomic E-state index is -0.387. The minimum Gasteiger partial charge on any atom is -0.466 e. The number of ether oxygens (including phenoxy) is 1. The lowest BCUT2D eigenvalue weighted by molar-refractivity contribution is -0.144. The van der Waals surface area contributed by atoms with Crippen molar-refractivity contribution in [3.63, 3.8) is 0 Å². The summed E-state index contributed by atoms with van der Waals surface area (Å²) >= 11 is 0. The molecule has 0 bridgehead atoms. The molecule has 3 nitrogen and oxygen atoms in total. The van der Waals surface area contributed by atoms with E-state index in [1.165, 1.54) is 0 Å². The topological polar surface area (TPSA) is 52.3 Å². The second-order valence-electron chi connectivity index (χ2n) is 4.42. The van der Waals surface area contributed by atoms with Crippen molar-refractivity contribution in [1.29, 1.82) is 0 Å². The van der Waals surface area contributed by atoms with Crippen LogP contribution in [0.4, 0.5) is 0 Å². The molecule has 0 aromatic carbocycles. The zero-order valence-corrected chi connectivity index (χ0v) is 10.5. The molecule has 0 radical (unpaired) electrons. The Kier molecular flexibility index (Phi) is 6.57. The summed E-state index contributed by atoms with van der Waals surface area (Å²) in [6.07, 6.45) is 3.14. The molecule has 15 heavy (non-hydrogen) atoms. The maximum Gasteiger partial charge on any atom is 0.307 e. The Bertz CT molecular complexity index is 194. The van der Waals surface area contributed by atoms with E-state index in [0.717, 1.165) is 19.3 Å². The Morgan fingerprint density at radius 3 is 2.40 bits per heavy atom. The summed E-state index contributed by atoms with van der Waals surface area (Å²) in [4.78, 5) is 11.4. The average molecular weight is 215 g/mol. The molecule has 90 valence electrons. The smallest absolute Gasteiger partial charge is 0.307 e. The van der Waals surface area contributed by atoms with E-state index in [2.05, 4.69) is 13.8 Å². The van der Waals surface area contributed by atoms with Gasteiger partial charge >= 0.3 is 5.97 Å². The SMILES string of the molecule is CCOC(=O)CC(N)(CC)CC(C)CC. The Morgan fingerprint density at radius 1 is 1.40 bits per heavy atom. The first-order valence-electron chi connectivity index (χ1n) is 5.91. The molecule has 3 heteroatoms. The normalized spacial score (nSPS) is 16.9. The van der Waals surface area contributed by atoms with Crippen molar-refractivity contribution in [2.45, 2.75) is 58.9 Å². The summed E-state index contributed by atoms with van der Waals surface area (Å²) < 4.78 is 4.94. The third-order valence-electron chi connectivity index (χ3n) is 2.96. The number of hydrogen-bond acceptors (Lipinski definition) is 3. The lowest BCUT2D eigenvalue weighted by atomic mass is 9.83. The number of rotatable bonds is 7. The van der Waals surface area contributed by atoms with Gasteiger partial charge in [0.2, 0.25) is 0 Å². The van der Waals surface area contributed by atoms with Crippen molar-refractivity contribution in [2.75, 3.05) is 6.61 Å². The molecule has 0 aliphatic heterocycles. The van der Waals surface area contributed by atoms with Gasteiger partial charge in [-0.3, -0.25) is 4.79 Å². The van der Waals surface area contributed by atoms with E-state index in [4.69, 9.17) is 10.5 Å². The Hall–Kier alpha value is -0.570. The Morgan fingerprint density at radius 2 is 2.00 bits per heavy atom. The second kappa shape index (κ2) is 6.83. The van der Waals surface area contributed by atoms with Gasteiger partial charge in [0.25, 0.3) is 0 Å². The molecular weight excluding hydrogens is 190 g/mol. The van der Waals surface area contributed by atoms with Crippen molar-refractivity contribution < 1.29 is 9.53 Å². The number of esters is 1. The highest BCUT2D eigenvalue weighted by atomic mass is 16.5. The second-order valence-corrected chi connectivity index (χ2v) is 4.42. The molecule has 0 amide bonds. The summed E-state index contributed by atoms with van der Waals surface area (Å²) in [5.41, 5.74) is 5.82. The van der Waals surface area contributed by atoms with Crippen molar-refractivity contribution in [2.24, 2.45) is 11.7 Å². The van der Waals surface area contributed by atoms with Crippen molar-refractivity contribution in [3.05, 3.63) is 0 Å². The van der Waals surface area contributed by atoms with Crippen LogP contribution in [-0.4, -0.2) is 18.1 Å². The van der Waals surface area contributed by atoms with Crippen molar-refractivity contribution in [3.8, 4) is 0 Å². The van der Waals surface area contributed by atoms with E-state index >= 15 is 0 Å². The van der Waals surface area contributed by atoms with Crippen LogP contribution in [0, 0.1) is 5.92 Å². The van der Waals surface area contributed by atoms with Crippen LogP contribution in [0.15, 0.2) is 0 Å². The molecule has 0 rings (SSSR count). The van der Waals surface area contributed by atoms with E-state index < -0.39 is 0 Å². The molecule has 0 aromatic heterocycles. The van der Waals surface area contributed by atoms with Gasteiger partial charge in [0.05, 0.1) is 13.0 Å². The van der Waals surface area contributed by atoms with Gasteiger partial charge < -0.3 is 10.5 Å². The molecule has 0 saturated heterocycles. The summed E-state index contributed by atoms with van der Waals surface area (Å²) in [5.74, 6) is 0.384. The van der Waals surface area contributed by atoms with Gasteiger partial charge in [-0.25, -0.2) is 0 Å². The van der Waals surface area contributed by atoms with Gasteiger partial charge in [0, 0.05) is 5.54 Å². The van der Waals surface area contributed by atoms with Crippen LogP contribution in [0.2, 0.25) is 0 Å². The summed E-state index contributed by atoms with van der Waals surface area (Å²) in [7, 11) is 0. The molecule has 0 saturated carbocycles. The molecule has 0 heterocycles. The monoisotopic (exact) mass is 215 g/mol. The lowest BCUT2D eigenvalue weighted by Gasteiger charge is -2.29. The van der Waals surface area contributed by atoms with Crippen LogP contribution in [0.3, 0.4) is 0 Å². The molecule has 2 N–H and O–H groups in total. The summed E-state index contributed by atoms with van der Waals surface area (Å²) in [5, 5.41) is 0. The van der Waals surface area contributed by atoms with Crippen LogP contribution >= 0.6 is 0 Å². The van der Waals surface area contributed by atoms with Gasteiger partial charge in [-0.1, -0.05) is 27.2 Å².